The van der Waals surface area contributed by atoms with Gasteiger partial charge in [0.25, 0.3) is 0 Å². The molecule has 0 saturated heterocycles. The Hall–Kier alpha value is -1.42. The van der Waals surface area contributed by atoms with E-state index in [4.69, 9.17) is 11.6 Å². The fraction of sp³-hybridized carbons (Fsp3) is 0.200. The molecule has 1 aromatic heterocycles. The average Bonchev–Trinajstić information content (AvgIpc) is 2.70. The van der Waals surface area contributed by atoms with Gasteiger partial charge in [-0.3, -0.25) is 5.10 Å². The minimum atomic E-state index is -0.260. The van der Waals surface area contributed by atoms with Crippen LogP contribution >= 0.6 is 11.6 Å². The molecule has 3 nitrogen and oxygen atoms in total. The van der Waals surface area contributed by atoms with Crippen LogP contribution in [0, 0.1) is 12.7 Å². The maximum Gasteiger partial charge on any atom is 0.181 e. The third-order valence-corrected chi connectivity index (χ3v) is 2.34. The van der Waals surface area contributed by atoms with E-state index in [2.05, 4.69) is 15.2 Å². The predicted molar refractivity (Wildman–Crippen MR) is 56.1 cm³/mol. The van der Waals surface area contributed by atoms with Crippen molar-refractivity contribution in [2.24, 2.45) is 0 Å². The second-order valence-corrected chi connectivity index (χ2v) is 3.47. The summed E-state index contributed by atoms with van der Waals surface area (Å²) in [6.45, 7) is 1.71. The van der Waals surface area contributed by atoms with Gasteiger partial charge in [-0.15, -0.1) is 11.6 Å². The van der Waals surface area contributed by atoms with Crippen molar-refractivity contribution in [1.29, 1.82) is 0 Å². The van der Waals surface area contributed by atoms with Gasteiger partial charge in [0.1, 0.15) is 11.6 Å². The van der Waals surface area contributed by atoms with Crippen molar-refractivity contribution in [2.45, 2.75) is 12.8 Å². The van der Waals surface area contributed by atoms with E-state index in [9.17, 15) is 4.39 Å². The summed E-state index contributed by atoms with van der Waals surface area (Å²) in [5.74, 6) is 1.04. The third-order valence-electron chi connectivity index (χ3n) is 2.09. The Morgan fingerprint density at radius 1 is 1.47 bits per heavy atom. The summed E-state index contributed by atoms with van der Waals surface area (Å²) in [5, 5.41) is 6.61. The van der Waals surface area contributed by atoms with Crippen LogP contribution in [0.5, 0.6) is 0 Å². The van der Waals surface area contributed by atoms with E-state index in [-0.39, 0.29) is 11.7 Å². The van der Waals surface area contributed by atoms with Crippen LogP contribution in [0.2, 0.25) is 0 Å². The summed E-state index contributed by atoms with van der Waals surface area (Å²) < 4.78 is 13.3. The lowest BCUT2D eigenvalue weighted by Crippen LogP contribution is -1.86. The highest BCUT2D eigenvalue weighted by Gasteiger charge is 2.07. The fourth-order valence-electron chi connectivity index (χ4n) is 1.22. The van der Waals surface area contributed by atoms with Crippen molar-refractivity contribution in [3.05, 3.63) is 35.4 Å². The number of alkyl halides is 1. The van der Waals surface area contributed by atoms with Crippen molar-refractivity contribution < 1.29 is 4.39 Å². The van der Waals surface area contributed by atoms with Gasteiger partial charge in [0.2, 0.25) is 0 Å². The number of H-pyrrole nitrogens is 1. The molecule has 0 bridgehead atoms. The van der Waals surface area contributed by atoms with E-state index < -0.39 is 0 Å². The number of benzene rings is 1. The van der Waals surface area contributed by atoms with Crippen molar-refractivity contribution in [1.82, 2.24) is 15.2 Å². The smallest absolute Gasteiger partial charge is 0.181 e. The third kappa shape index (κ3) is 1.99. The Balaban J connectivity index is 2.40. The van der Waals surface area contributed by atoms with Crippen LogP contribution in [0.4, 0.5) is 4.39 Å². The first kappa shape index (κ1) is 10.1. The van der Waals surface area contributed by atoms with Crippen LogP contribution in [-0.2, 0) is 5.88 Å². The van der Waals surface area contributed by atoms with E-state index in [1.165, 1.54) is 6.07 Å². The van der Waals surface area contributed by atoms with Crippen LogP contribution < -0.4 is 0 Å². The first-order valence-corrected chi connectivity index (χ1v) is 4.98. The lowest BCUT2D eigenvalue weighted by Gasteiger charge is -1.98. The molecule has 0 aliphatic heterocycles. The topological polar surface area (TPSA) is 41.6 Å². The zero-order valence-corrected chi connectivity index (χ0v) is 8.85. The zero-order chi connectivity index (χ0) is 10.8. The highest BCUT2D eigenvalue weighted by molar-refractivity contribution is 6.16. The summed E-state index contributed by atoms with van der Waals surface area (Å²) in [5.41, 5.74) is 1.25. The maximum atomic E-state index is 13.3. The SMILES string of the molecule is Cc1ccc(-c2n[nH]c(CCl)n2)cc1F. The molecule has 0 aliphatic carbocycles. The van der Waals surface area contributed by atoms with Gasteiger partial charge < -0.3 is 0 Å². The van der Waals surface area contributed by atoms with E-state index >= 15 is 0 Å². The van der Waals surface area contributed by atoms with E-state index in [1.807, 2.05) is 0 Å². The number of hydrogen-bond donors (Lipinski definition) is 1. The van der Waals surface area contributed by atoms with Gasteiger partial charge in [-0.1, -0.05) is 12.1 Å². The number of aryl methyl sites for hydroxylation is 1. The Labute approximate surface area is 91.3 Å². The number of aromatic nitrogens is 3. The number of aromatic amines is 1. The molecule has 15 heavy (non-hydrogen) atoms. The molecule has 0 amide bonds. The molecule has 1 heterocycles. The molecule has 0 unspecified atom stereocenters. The number of nitrogens with one attached hydrogen (secondary N) is 1. The Morgan fingerprint density at radius 3 is 2.87 bits per heavy atom. The van der Waals surface area contributed by atoms with Crippen LogP contribution in [0.25, 0.3) is 11.4 Å². The highest BCUT2D eigenvalue weighted by atomic mass is 35.5. The van der Waals surface area contributed by atoms with Crippen molar-refractivity contribution in [3.63, 3.8) is 0 Å². The maximum absolute atomic E-state index is 13.3. The largest absolute Gasteiger partial charge is 0.262 e. The molecule has 0 aliphatic rings. The van der Waals surface area contributed by atoms with Gasteiger partial charge in [-0.05, 0) is 18.6 Å². The molecule has 0 atom stereocenters. The fourth-order valence-corrected chi connectivity index (χ4v) is 1.34. The molecule has 78 valence electrons. The number of halogens is 2. The monoisotopic (exact) mass is 225 g/mol. The molecule has 0 spiro atoms. The van der Waals surface area contributed by atoms with Crippen molar-refractivity contribution >= 4 is 11.6 Å². The number of nitrogens with zero attached hydrogens (tertiary/aromatic N) is 2. The quantitative estimate of drug-likeness (QED) is 0.799. The first-order valence-electron chi connectivity index (χ1n) is 4.44. The lowest BCUT2D eigenvalue weighted by molar-refractivity contribution is 0.619. The second kappa shape index (κ2) is 3.98. The standard InChI is InChI=1S/C10H9ClFN3/c1-6-2-3-7(4-8(6)12)10-13-9(5-11)14-15-10/h2-4H,5H2,1H3,(H,13,14,15). The molecular weight excluding hydrogens is 217 g/mol. The molecule has 1 aromatic carbocycles. The Kier molecular flexibility index (Phi) is 2.68. The summed E-state index contributed by atoms with van der Waals surface area (Å²) in [4.78, 5) is 4.10. The van der Waals surface area contributed by atoms with Gasteiger partial charge >= 0.3 is 0 Å². The number of rotatable bonds is 2. The second-order valence-electron chi connectivity index (χ2n) is 3.20. The number of hydrogen-bond acceptors (Lipinski definition) is 2. The molecule has 5 heteroatoms. The van der Waals surface area contributed by atoms with E-state index in [0.29, 0.717) is 22.8 Å². The Morgan fingerprint density at radius 2 is 2.27 bits per heavy atom. The van der Waals surface area contributed by atoms with Gasteiger partial charge in [0, 0.05) is 5.56 Å². The van der Waals surface area contributed by atoms with Gasteiger partial charge in [0.05, 0.1) is 5.88 Å². The van der Waals surface area contributed by atoms with Crippen LogP contribution in [0.15, 0.2) is 18.2 Å². The minimum absolute atomic E-state index is 0.260. The molecule has 0 fully saturated rings. The first-order chi connectivity index (χ1) is 7.20. The van der Waals surface area contributed by atoms with Crippen molar-refractivity contribution in [2.75, 3.05) is 0 Å². The van der Waals surface area contributed by atoms with Gasteiger partial charge in [-0.25, -0.2) is 9.37 Å². The minimum Gasteiger partial charge on any atom is -0.262 e. The van der Waals surface area contributed by atoms with Gasteiger partial charge in [-0.2, -0.15) is 5.10 Å². The lowest BCUT2D eigenvalue weighted by atomic mass is 10.1. The van der Waals surface area contributed by atoms with Crippen LogP contribution in [0.3, 0.4) is 0 Å². The van der Waals surface area contributed by atoms with E-state index in [1.54, 1.807) is 19.1 Å². The average molecular weight is 226 g/mol. The Bertz CT molecular complexity index is 481. The molecule has 2 rings (SSSR count). The van der Waals surface area contributed by atoms with Gasteiger partial charge in [0.15, 0.2) is 5.82 Å². The summed E-state index contributed by atoms with van der Waals surface area (Å²) in [6.07, 6.45) is 0. The van der Waals surface area contributed by atoms with E-state index in [0.717, 1.165) is 0 Å². The van der Waals surface area contributed by atoms with Crippen molar-refractivity contribution in [3.8, 4) is 11.4 Å². The normalized spacial score (nSPS) is 10.6. The predicted octanol–water partition coefficient (Wildman–Crippen LogP) is 2.66. The highest BCUT2D eigenvalue weighted by Crippen LogP contribution is 2.18. The van der Waals surface area contributed by atoms with Crippen LogP contribution in [-0.4, -0.2) is 15.2 Å². The summed E-state index contributed by atoms with van der Waals surface area (Å²) in [7, 11) is 0. The van der Waals surface area contributed by atoms with Crippen LogP contribution in [0.1, 0.15) is 11.4 Å². The summed E-state index contributed by atoms with van der Waals surface area (Å²) in [6, 6.07) is 4.89. The zero-order valence-electron chi connectivity index (χ0n) is 8.09. The molecule has 0 radical (unpaired) electrons. The molecule has 0 saturated carbocycles. The molecule has 1 N–H and O–H groups in total. The molecule has 2 aromatic rings. The summed E-state index contributed by atoms with van der Waals surface area (Å²) >= 11 is 5.58. The molecular formula is C10H9ClFN3.